The van der Waals surface area contributed by atoms with Crippen molar-refractivity contribution in [2.45, 2.75) is 44.6 Å². The summed E-state index contributed by atoms with van der Waals surface area (Å²) in [4.78, 5) is 26.1. The van der Waals surface area contributed by atoms with E-state index < -0.39 is 0 Å². The molecule has 0 radical (unpaired) electrons. The van der Waals surface area contributed by atoms with Crippen LogP contribution in [0.4, 0.5) is 0 Å². The van der Waals surface area contributed by atoms with Crippen molar-refractivity contribution in [3.8, 4) is 5.75 Å². The third-order valence-electron chi connectivity index (χ3n) is 4.48. The van der Waals surface area contributed by atoms with E-state index in [1.165, 1.54) is 0 Å². The summed E-state index contributed by atoms with van der Waals surface area (Å²) >= 11 is 6.05. The quantitative estimate of drug-likeness (QED) is 0.643. The van der Waals surface area contributed by atoms with Gasteiger partial charge in [-0.15, -0.1) is 0 Å². The number of amides is 2. The molecule has 1 aliphatic heterocycles. The van der Waals surface area contributed by atoms with Crippen LogP contribution in [0.5, 0.6) is 5.75 Å². The number of hydrogen-bond acceptors (Lipinski definition) is 4. The van der Waals surface area contributed by atoms with E-state index in [0.717, 1.165) is 25.8 Å². The van der Waals surface area contributed by atoms with Crippen molar-refractivity contribution in [3.05, 3.63) is 29.3 Å². The summed E-state index contributed by atoms with van der Waals surface area (Å²) in [6.07, 6.45) is 4.39. The fourth-order valence-electron chi connectivity index (χ4n) is 3.10. The Morgan fingerprint density at radius 3 is 2.85 bits per heavy atom. The van der Waals surface area contributed by atoms with Crippen LogP contribution >= 0.6 is 11.6 Å². The highest BCUT2D eigenvalue weighted by Crippen LogP contribution is 2.23. The SMILES string of the molecule is NCCC(=O)NCC1CCCCN1C(=O)CCCOc1ccccc1Cl. The standard InChI is InChI=1S/C19H28ClN3O3/c20-16-7-1-2-8-17(16)26-13-5-9-19(25)23-12-4-3-6-15(23)14-22-18(24)10-11-21/h1-2,7-8,15H,3-6,9-14,21H2,(H,22,24). The van der Waals surface area contributed by atoms with Gasteiger partial charge >= 0.3 is 0 Å². The molecule has 6 nitrogen and oxygen atoms in total. The third-order valence-corrected chi connectivity index (χ3v) is 4.80. The molecule has 2 rings (SSSR count). The monoisotopic (exact) mass is 381 g/mol. The molecule has 1 aliphatic rings. The number of carbonyl (C=O) groups excluding carboxylic acids is 2. The van der Waals surface area contributed by atoms with Crippen molar-refractivity contribution in [1.82, 2.24) is 10.2 Å². The predicted octanol–water partition coefficient (Wildman–Crippen LogP) is 2.35. The van der Waals surface area contributed by atoms with Gasteiger partial charge in [0.15, 0.2) is 0 Å². The zero-order valence-electron chi connectivity index (χ0n) is 15.1. The molecule has 0 aromatic heterocycles. The Morgan fingerprint density at radius 2 is 2.08 bits per heavy atom. The molecule has 1 heterocycles. The maximum atomic E-state index is 12.6. The van der Waals surface area contributed by atoms with Crippen LogP contribution in [0, 0.1) is 0 Å². The van der Waals surface area contributed by atoms with Crippen LogP contribution in [0.15, 0.2) is 24.3 Å². The van der Waals surface area contributed by atoms with Crippen LogP contribution in [0.1, 0.15) is 38.5 Å². The molecule has 1 unspecified atom stereocenters. The number of para-hydroxylation sites is 1. The van der Waals surface area contributed by atoms with E-state index in [-0.39, 0.29) is 17.9 Å². The topological polar surface area (TPSA) is 84.7 Å². The molecule has 1 aromatic rings. The minimum absolute atomic E-state index is 0.0568. The number of rotatable bonds is 9. The number of nitrogens with zero attached hydrogens (tertiary/aromatic N) is 1. The number of nitrogens with two attached hydrogens (primary N) is 1. The first-order valence-electron chi connectivity index (χ1n) is 9.25. The molecular weight excluding hydrogens is 354 g/mol. The van der Waals surface area contributed by atoms with E-state index in [9.17, 15) is 9.59 Å². The first kappa shape index (κ1) is 20.5. The van der Waals surface area contributed by atoms with Gasteiger partial charge in [-0.2, -0.15) is 0 Å². The lowest BCUT2D eigenvalue weighted by molar-refractivity contribution is -0.135. The largest absolute Gasteiger partial charge is 0.492 e. The molecule has 1 saturated heterocycles. The number of likely N-dealkylation sites (tertiary alicyclic amines) is 1. The Hall–Kier alpha value is -1.79. The molecule has 1 atom stereocenters. The van der Waals surface area contributed by atoms with E-state index in [0.29, 0.717) is 49.7 Å². The Labute approximate surface area is 160 Å². The van der Waals surface area contributed by atoms with Crippen molar-refractivity contribution in [1.29, 1.82) is 0 Å². The van der Waals surface area contributed by atoms with Crippen molar-refractivity contribution in [2.75, 3.05) is 26.2 Å². The second-order valence-corrected chi connectivity index (χ2v) is 6.87. The molecule has 144 valence electrons. The molecule has 1 fully saturated rings. The summed E-state index contributed by atoms with van der Waals surface area (Å²) < 4.78 is 5.64. The highest BCUT2D eigenvalue weighted by atomic mass is 35.5. The second kappa shape index (κ2) is 11.0. The van der Waals surface area contributed by atoms with E-state index >= 15 is 0 Å². The Bertz CT molecular complexity index is 597. The number of ether oxygens (including phenoxy) is 1. The lowest BCUT2D eigenvalue weighted by atomic mass is 10.0. The van der Waals surface area contributed by atoms with Crippen LogP contribution < -0.4 is 15.8 Å². The molecule has 0 bridgehead atoms. The first-order valence-corrected chi connectivity index (χ1v) is 9.63. The van der Waals surface area contributed by atoms with E-state index in [1.54, 1.807) is 6.07 Å². The average Bonchev–Trinajstić information content (AvgIpc) is 2.65. The maximum absolute atomic E-state index is 12.6. The minimum atomic E-state index is -0.0568. The summed E-state index contributed by atoms with van der Waals surface area (Å²) in [5.41, 5.74) is 5.39. The first-order chi connectivity index (χ1) is 12.6. The molecule has 0 spiro atoms. The van der Waals surface area contributed by atoms with Crippen LogP contribution in [-0.2, 0) is 9.59 Å². The normalized spacial score (nSPS) is 17.0. The van der Waals surface area contributed by atoms with Gasteiger partial charge in [0, 0.05) is 38.5 Å². The van der Waals surface area contributed by atoms with Crippen LogP contribution in [0.2, 0.25) is 5.02 Å². The molecule has 0 aliphatic carbocycles. The van der Waals surface area contributed by atoms with Crippen LogP contribution in [0.25, 0.3) is 0 Å². The molecular formula is C19H28ClN3O3. The second-order valence-electron chi connectivity index (χ2n) is 6.46. The number of carbonyl (C=O) groups is 2. The summed E-state index contributed by atoms with van der Waals surface area (Å²) in [7, 11) is 0. The average molecular weight is 382 g/mol. The number of hydrogen-bond donors (Lipinski definition) is 2. The number of nitrogens with one attached hydrogen (secondary N) is 1. The Balaban J connectivity index is 1.75. The predicted molar refractivity (Wildman–Crippen MR) is 102 cm³/mol. The number of piperidine rings is 1. The smallest absolute Gasteiger partial charge is 0.223 e. The van der Waals surface area contributed by atoms with Gasteiger partial charge in [-0.3, -0.25) is 9.59 Å². The lowest BCUT2D eigenvalue weighted by Crippen LogP contribution is -2.49. The van der Waals surface area contributed by atoms with Gasteiger partial charge in [-0.05, 0) is 37.8 Å². The maximum Gasteiger partial charge on any atom is 0.223 e. The minimum Gasteiger partial charge on any atom is -0.492 e. The highest BCUT2D eigenvalue weighted by Gasteiger charge is 2.26. The molecule has 2 amide bonds. The molecule has 1 aromatic carbocycles. The van der Waals surface area contributed by atoms with Crippen molar-refractivity contribution in [3.63, 3.8) is 0 Å². The van der Waals surface area contributed by atoms with E-state index in [2.05, 4.69) is 5.32 Å². The summed E-state index contributed by atoms with van der Waals surface area (Å²) in [5, 5.41) is 3.45. The van der Waals surface area contributed by atoms with Gasteiger partial charge in [0.1, 0.15) is 5.75 Å². The zero-order chi connectivity index (χ0) is 18.8. The van der Waals surface area contributed by atoms with Gasteiger partial charge in [0.05, 0.1) is 11.6 Å². The zero-order valence-corrected chi connectivity index (χ0v) is 15.8. The fraction of sp³-hybridized carbons (Fsp3) is 0.579. The molecule has 26 heavy (non-hydrogen) atoms. The Morgan fingerprint density at radius 1 is 1.27 bits per heavy atom. The summed E-state index contributed by atoms with van der Waals surface area (Å²) in [6, 6.07) is 7.38. The van der Waals surface area contributed by atoms with Crippen LogP contribution in [0.3, 0.4) is 0 Å². The molecule has 3 N–H and O–H groups in total. The molecule has 7 heteroatoms. The summed E-state index contributed by atoms with van der Waals surface area (Å²) in [6.45, 7) is 2.04. The lowest BCUT2D eigenvalue weighted by Gasteiger charge is -2.36. The van der Waals surface area contributed by atoms with Gasteiger partial charge in [-0.25, -0.2) is 0 Å². The summed E-state index contributed by atoms with van der Waals surface area (Å²) in [5.74, 6) is 0.698. The van der Waals surface area contributed by atoms with E-state index in [1.807, 2.05) is 23.1 Å². The fourth-order valence-corrected chi connectivity index (χ4v) is 3.29. The highest BCUT2D eigenvalue weighted by molar-refractivity contribution is 6.32. The van der Waals surface area contributed by atoms with Crippen LogP contribution in [-0.4, -0.2) is 49.0 Å². The van der Waals surface area contributed by atoms with E-state index in [4.69, 9.17) is 22.1 Å². The van der Waals surface area contributed by atoms with Crippen molar-refractivity contribution in [2.24, 2.45) is 5.73 Å². The number of benzene rings is 1. The Kier molecular flexibility index (Phi) is 8.71. The third kappa shape index (κ3) is 6.50. The van der Waals surface area contributed by atoms with Crippen molar-refractivity contribution < 1.29 is 14.3 Å². The van der Waals surface area contributed by atoms with Gasteiger partial charge < -0.3 is 20.7 Å². The van der Waals surface area contributed by atoms with Gasteiger partial charge in [0.2, 0.25) is 11.8 Å². The van der Waals surface area contributed by atoms with Gasteiger partial charge in [0.25, 0.3) is 0 Å². The van der Waals surface area contributed by atoms with Crippen molar-refractivity contribution >= 4 is 23.4 Å². The molecule has 0 saturated carbocycles. The number of halogens is 1. The van der Waals surface area contributed by atoms with Gasteiger partial charge in [-0.1, -0.05) is 23.7 Å².